The van der Waals surface area contributed by atoms with E-state index in [9.17, 15) is 48.5 Å². The third kappa shape index (κ3) is 13.0. The van der Waals surface area contributed by atoms with Gasteiger partial charge >= 0.3 is 5.97 Å². The number of ketones is 1. The second-order valence-electron chi connectivity index (χ2n) is 21.1. The molecule has 0 saturated carbocycles. The Balaban J connectivity index is 1.20. The molecule has 408 valence electrons. The van der Waals surface area contributed by atoms with Gasteiger partial charge in [0.15, 0.2) is 17.2 Å². The van der Waals surface area contributed by atoms with Crippen LogP contribution in [0.5, 0.6) is 11.5 Å². The van der Waals surface area contributed by atoms with Crippen molar-refractivity contribution in [3.05, 3.63) is 136 Å². The lowest BCUT2D eigenvalue weighted by Crippen LogP contribution is -2.28. The molecule has 3 heterocycles. The van der Waals surface area contributed by atoms with Gasteiger partial charge in [-0.05, 0) is 142 Å². The molecule has 0 fully saturated rings. The topological polar surface area (TPSA) is 251 Å². The molecular weight excluding hydrogens is 1040 g/mol. The number of carbonyl (C=O) groups is 2. The minimum atomic E-state index is -4.54. The second kappa shape index (κ2) is 22.7. The maximum atomic E-state index is 13.0. The molecule has 0 saturated heterocycles. The highest BCUT2D eigenvalue weighted by atomic mass is 32.2. The average molecular weight is 1100 g/mol. The first-order valence-electron chi connectivity index (χ1n) is 25.7. The van der Waals surface area contributed by atoms with Crippen LogP contribution in [-0.2, 0) is 61.9 Å². The van der Waals surface area contributed by atoms with E-state index in [0.29, 0.717) is 92.3 Å². The maximum absolute atomic E-state index is 13.0. The highest BCUT2D eigenvalue weighted by molar-refractivity contribution is 7.86. The molecule has 3 aliphatic heterocycles. The minimum absolute atomic E-state index is 0.0127. The molecule has 0 radical (unpaired) electrons. The van der Waals surface area contributed by atoms with Crippen LogP contribution >= 0.6 is 0 Å². The van der Waals surface area contributed by atoms with E-state index in [1.807, 2.05) is 61.2 Å². The van der Waals surface area contributed by atoms with Gasteiger partial charge in [0.05, 0.1) is 21.8 Å². The molecule has 4 N–H and O–H groups in total. The summed E-state index contributed by atoms with van der Waals surface area (Å²) in [5.41, 5.74) is 7.67. The molecule has 76 heavy (non-hydrogen) atoms. The SMILES string of the molecule is CC1(C)C(/C=C/C2=C3Oc4ccc(CCC(=O)CCCOCC(=O)O)cc4OC4=C3C(CC2)CC/C4=C\C=C2\N(CCCCS(=O)(=O)O)c3ccc(S(=O)(=O)O)cc3C2(C)C)=[N+](CCCCS(=O)(=O)O)c2ccccc21. The molecule has 17 nitrogen and oxygen atoms in total. The summed E-state index contributed by atoms with van der Waals surface area (Å²) < 4.78 is 122. The fourth-order valence-corrected chi connectivity index (χ4v) is 12.8. The zero-order valence-corrected chi connectivity index (χ0v) is 45.7. The Bertz CT molecular complexity index is 3350. The van der Waals surface area contributed by atoms with Crippen molar-refractivity contribution in [1.82, 2.24) is 0 Å². The summed E-state index contributed by atoms with van der Waals surface area (Å²) >= 11 is 0. The molecule has 0 aromatic heterocycles. The lowest BCUT2D eigenvalue weighted by molar-refractivity contribution is -0.438. The van der Waals surface area contributed by atoms with E-state index >= 15 is 0 Å². The first kappa shape index (κ1) is 56.5. The van der Waals surface area contributed by atoms with Crippen LogP contribution in [0, 0.1) is 5.92 Å². The predicted octanol–water partition coefficient (Wildman–Crippen LogP) is 9.38. The molecule has 1 unspecified atom stereocenters. The number of carboxylic acid groups (broad SMARTS) is 1. The number of unbranched alkanes of at least 4 members (excludes halogenated alkanes) is 2. The van der Waals surface area contributed by atoms with Crippen molar-refractivity contribution >= 4 is 59.2 Å². The van der Waals surface area contributed by atoms with Gasteiger partial charge in [0.25, 0.3) is 30.4 Å². The number of rotatable bonds is 23. The van der Waals surface area contributed by atoms with E-state index in [4.69, 9.17) is 19.3 Å². The number of Topliss-reactive ketones (excluding diaryl/α,β-unsaturated/α-hetero) is 1. The minimum Gasteiger partial charge on any atom is -0.480 e. The second-order valence-corrected chi connectivity index (χ2v) is 25.7. The third-order valence-corrected chi connectivity index (χ3v) is 17.5. The van der Waals surface area contributed by atoms with Crippen molar-refractivity contribution < 1.29 is 72.4 Å². The van der Waals surface area contributed by atoms with Gasteiger partial charge in [-0.1, -0.05) is 44.2 Å². The van der Waals surface area contributed by atoms with Gasteiger partial charge in [0, 0.05) is 72.5 Å². The number of allylic oxidation sites excluding steroid dienone is 8. The molecule has 3 aromatic carbocycles. The number of para-hydroxylation sites is 1. The quantitative estimate of drug-likeness (QED) is 0.0392. The number of anilines is 1. The van der Waals surface area contributed by atoms with Crippen molar-refractivity contribution in [3.63, 3.8) is 0 Å². The average Bonchev–Trinajstić information content (AvgIpc) is 3.59. The molecule has 0 bridgehead atoms. The number of benzene rings is 3. The number of carboxylic acids is 1. The van der Waals surface area contributed by atoms with Crippen LogP contribution in [0.4, 0.5) is 11.4 Å². The number of hydrogen-bond donors (Lipinski definition) is 4. The fourth-order valence-electron chi connectivity index (χ4n) is 11.1. The van der Waals surface area contributed by atoms with Crippen molar-refractivity contribution in [2.75, 3.05) is 42.7 Å². The first-order chi connectivity index (χ1) is 35.8. The molecule has 1 atom stereocenters. The Kier molecular flexibility index (Phi) is 16.9. The van der Waals surface area contributed by atoms with E-state index in [1.54, 1.807) is 6.07 Å². The van der Waals surface area contributed by atoms with Crippen molar-refractivity contribution in [2.45, 2.75) is 120 Å². The number of fused-ring (bicyclic) bond motifs is 3. The fraction of sp³-hybridized carbons (Fsp3) is 0.446. The Morgan fingerprint density at radius 3 is 2.20 bits per heavy atom. The first-order valence-corrected chi connectivity index (χ1v) is 30.4. The van der Waals surface area contributed by atoms with Crippen molar-refractivity contribution in [1.29, 1.82) is 0 Å². The lowest BCUT2D eigenvalue weighted by atomic mass is 9.74. The van der Waals surface area contributed by atoms with Crippen molar-refractivity contribution in [3.8, 4) is 11.5 Å². The smallest absolute Gasteiger partial charge is 0.329 e. The number of aliphatic carboxylic acids is 1. The Morgan fingerprint density at radius 2 is 1.47 bits per heavy atom. The Hall–Kier alpha value is -5.74. The monoisotopic (exact) mass is 1100 g/mol. The number of aryl methyl sites for hydroxylation is 1. The number of carbonyl (C=O) groups excluding carboxylic acids is 1. The molecule has 0 spiro atoms. The highest BCUT2D eigenvalue weighted by Gasteiger charge is 2.45. The van der Waals surface area contributed by atoms with Crippen LogP contribution in [0.3, 0.4) is 0 Å². The molecule has 8 rings (SSSR count). The molecular formula is C56H67N2O15S3+. The largest absolute Gasteiger partial charge is 0.480 e. The summed E-state index contributed by atoms with van der Waals surface area (Å²) in [5, 5.41) is 8.86. The van der Waals surface area contributed by atoms with E-state index in [-0.39, 0.29) is 48.2 Å². The summed E-state index contributed by atoms with van der Waals surface area (Å²) in [5.74, 6) is 0.523. The zero-order chi connectivity index (χ0) is 54.8. The van der Waals surface area contributed by atoms with Crippen LogP contribution in [0.1, 0.15) is 115 Å². The standard InChI is InChI=1S/C56H66N2O15S3/c1-55(2)43-13-5-6-14-45(43)57(29-7-9-32-74(62,63)64)49(55)27-21-39-19-17-38-18-20-40(22-28-50-56(3,4)44-35-42(76(68,69)70)24-25-46(44)58(50)30-8-10-33-75(65,66)67)54-52(38)53(39)72-47-26-16-37(34-48(47)73-54)15-23-41(59)12-11-31-71-36-51(60)61/h5-6,13-14,16,21-22,24-28,34-35,38H,7-12,15,17-20,23,29-33,36H2,1-4H3,(H3-,60,61,62,63,64,65,66,67,68,69,70)/p+1. The normalized spacial score (nSPS) is 19.9. The predicted molar refractivity (Wildman–Crippen MR) is 287 cm³/mol. The van der Waals surface area contributed by atoms with Crippen LogP contribution in [-0.4, -0.2) is 104 Å². The van der Waals surface area contributed by atoms with E-state index in [0.717, 1.165) is 57.8 Å². The zero-order valence-electron chi connectivity index (χ0n) is 43.3. The maximum Gasteiger partial charge on any atom is 0.329 e. The van der Waals surface area contributed by atoms with Crippen LogP contribution in [0.15, 0.2) is 124 Å². The van der Waals surface area contributed by atoms with Gasteiger partial charge in [-0.3, -0.25) is 18.5 Å². The van der Waals surface area contributed by atoms with Gasteiger partial charge in [-0.25, -0.2) is 4.79 Å². The lowest BCUT2D eigenvalue weighted by Gasteiger charge is -2.33. The van der Waals surface area contributed by atoms with Gasteiger partial charge in [0.1, 0.15) is 30.5 Å². The molecule has 2 aliphatic carbocycles. The summed E-state index contributed by atoms with van der Waals surface area (Å²) in [4.78, 5) is 25.5. The number of ether oxygens (including phenoxy) is 3. The highest BCUT2D eigenvalue weighted by Crippen LogP contribution is 2.52. The Morgan fingerprint density at radius 1 is 0.763 bits per heavy atom. The van der Waals surface area contributed by atoms with Crippen molar-refractivity contribution in [2.24, 2.45) is 5.92 Å². The molecule has 0 amide bonds. The number of nitrogens with zero attached hydrogens (tertiary/aromatic N) is 2. The van der Waals surface area contributed by atoms with E-state index in [2.05, 4.69) is 42.7 Å². The third-order valence-electron chi connectivity index (χ3n) is 15.0. The summed E-state index contributed by atoms with van der Waals surface area (Å²) in [6.45, 7) is 8.85. The van der Waals surface area contributed by atoms with Gasteiger partial charge in [-0.2, -0.15) is 29.8 Å². The summed E-state index contributed by atoms with van der Waals surface area (Å²) in [6, 6.07) is 18.3. The summed E-state index contributed by atoms with van der Waals surface area (Å²) in [6.07, 6.45) is 13.9. The number of hydrogen-bond acceptors (Lipinski definition) is 12. The Labute approximate surface area is 445 Å². The van der Waals surface area contributed by atoms with E-state index < -0.39 is 59.5 Å². The molecule has 5 aliphatic rings. The molecule has 20 heteroatoms. The summed E-state index contributed by atoms with van der Waals surface area (Å²) in [7, 11) is -12.9. The van der Waals surface area contributed by atoms with Crippen LogP contribution in [0.2, 0.25) is 0 Å². The van der Waals surface area contributed by atoms with E-state index in [1.165, 1.54) is 12.1 Å². The van der Waals surface area contributed by atoms with Gasteiger partial charge in [0.2, 0.25) is 5.69 Å². The van der Waals surface area contributed by atoms with Crippen LogP contribution < -0.4 is 14.4 Å². The van der Waals surface area contributed by atoms with Gasteiger partial charge < -0.3 is 24.2 Å². The van der Waals surface area contributed by atoms with Gasteiger partial charge in [-0.15, -0.1) is 0 Å². The molecule has 3 aromatic rings. The van der Waals surface area contributed by atoms with Crippen LogP contribution in [0.25, 0.3) is 0 Å².